The Kier molecular flexibility index (Phi) is 5.02. The van der Waals surface area contributed by atoms with Crippen molar-refractivity contribution in [1.29, 1.82) is 0 Å². The van der Waals surface area contributed by atoms with Crippen molar-refractivity contribution in [2.45, 2.75) is 39.2 Å². The van der Waals surface area contributed by atoms with Crippen molar-refractivity contribution in [3.05, 3.63) is 25.9 Å². The van der Waals surface area contributed by atoms with E-state index in [0.29, 0.717) is 16.3 Å². The summed E-state index contributed by atoms with van der Waals surface area (Å²) in [5.41, 5.74) is 5.65. The summed E-state index contributed by atoms with van der Waals surface area (Å²) in [5, 5.41) is 13.5. The number of rotatable bonds is 6. The van der Waals surface area contributed by atoms with Gasteiger partial charge < -0.3 is 11.1 Å². The van der Waals surface area contributed by atoms with E-state index >= 15 is 0 Å². The topological polar surface area (TPSA) is 98.3 Å². The first-order valence-corrected chi connectivity index (χ1v) is 6.96. The van der Waals surface area contributed by atoms with Crippen molar-refractivity contribution in [2.75, 3.05) is 6.54 Å². The zero-order valence-corrected chi connectivity index (χ0v) is 12.2. The molecule has 0 atom stereocenters. The second-order valence-electron chi connectivity index (χ2n) is 4.56. The van der Waals surface area contributed by atoms with Gasteiger partial charge in [0, 0.05) is 18.2 Å². The molecule has 1 aromatic rings. The first-order chi connectivity index (χ1) is 8.83. The number of hydrogen-bond acceptors (Lipinski definition) is 5. The van der Waals surface area contributed by atoms with Crippen LogP contribution in [0.2, 0.25) is 0 Å². The Hall–Kier alpha value is -1.47. The highest BCUT2D eigenvalue weighted by Gasteiger charge is 2.23. The van der Waals surface area contributed by atoms with Crippen molar-refractivity contribution in [3.63, 3.8) is 0 Å². The lowest BCUT2D eigenvalue weighted by atomic mass is 9.94. The fraction of sp³-hybridized carbons (Fsp3) is 0.583. The smallest absolute Gasteiger partial charge is 0.283 e. The maximum atomic E-state index is 11.9. The number of nitro groups is 1. The third-order valence-corrected chi connectivity index (χ3v) is 4.36. The van der Waals surface area contributed by atoms with Crippen molar-refractivity contribution < 1.29 is 9.72 Å². The molecule has 1 amide bonds. The fourth-order valence-electron chi connectivity index (χ4n) is 1.61. The molecule has 19 heavy (non-hydrogen) atoms. The molecule has 0 aliphatic rings. The highest BCUT2D eigenvalue weighted by molar-refractivity contribution is 7.14. The number of hydrogen-bond donors (Lipinski definition) is 2. The van der Waals surface area contributed by atoms with Gasteiger partial charge in [0.1, 0.15) is 0 Å². The molecule has 0 saturated carbocycles. The van der Waals surface area contributed by atoms with Crippen LogP contribution in [0.25, 0.3) is 0 Å². The Bertz CT molecular complexity index is 481. The normalized spacial score (nSPS) is 11.4. The Labute approximate surface area is 116 Å². The van der Waals surface area contributed by atoms with Crippen LogP contribution in [0.4, 0.5) is 5.69 Å². The summed E-state index contributed by atoms with van der Waals surface area (Å²) < 4.78 is 0. The first-order valence-electron chi connectivity index (χ1n) is 6.15. The van der Waals surface area contributed by atoms with Crippen LogP contribution in [0.15, 0.2) is 6.07 Å². The van der Waals surface area contributed by atoms with Crippen LogP contribution in [0, 0.1) is 17.0 Å². The summed E-state index contributed by atoms with van der Waals surface area (Å²) >= 11 is 1.12. The average molecular weight is 285 g/mol. The van der Waals surface area contributed by atoms with E-state index in [1.165, 1.54) is 6.07 Å². The van der Waals surface area contributed by atoms with E-state index in [1.54, 1.807) is 6.92 Å². The lowest BCUT2D eigenvalue weighted by Crippen LogP contribution is -2.49. The molecule has 7 heteroatoms. The van der Waals surface area contributed by atoms with E-state index < -0.39 is 10.5 Å². The molecule has 1 rings (SSSR count). The molecule has 0 fully saturated rings. The highest BCUT2D eigenvalue weighted by Crippen LogP contribution is 2.27. The summed E-state index contributed by atoms with van der Waals surface area (Å²) in [7, 11) is 0. The minimum Gasteiger partial charge on any atom is -0.349 e. The van der Waals surface area contributed by atoms with Crippen molar-refractivity contribution in [1.82, 2.24) is 5.32 Å². The lowest BCUT2D eigenvalue weighted by Gasteiger charge is -2.26. The van der Waals surface area contributed by atoms with Gasteiger partial charge in [0.05, 0.1) is 14.7 Å². The predicted molar refractivity (Wildman–Crippen MR) is 75.5 cm³/mol. The number of nitrogens with one attached hydrogen (secondary N) is 1. The van der Waals surface area contributed by atoms with Crippen LogP contribution < -0.4 is 11.1 Å². The molecule has 0 saturated heterocycles. The minimum absolute atomic E-state index is 0.0138. The van der Waals surface area contributed by atoms with Crippen molar-refractivity contribution in [3.8, 4) is 0 Å². The molecule has 0 aliphatic carbocycles. The third kappa shape index (κ3) is 3.74. The standard InChI is InChI=1S/C12H19N3O3S/c1-4-12(13,5-2)7-14-11(16)10-6-9(15(17)18)8(3)19-10/h6H,4-5,7,13H2,1-3H3,(H,14,16). The Morgan fingerprint density at radius 1 is 1.53 bits per heavy atom. The van der Waals surface area contributed by atoms with Crippen molar-refractivity contribution >= 4 is 22.9 Å². The second kappa shape index (κ2) is 6.12. The summed E-state index contributed by atoms with van der Waals surface area (Å²) in [6.07, 6.45) is 1.51. The maximum absolute atomic E-state index is 11.9. The predicted octanol–water partition coefficient (Wildman–Crippen LogP) is 2.21. The van der Waals surface area contributed by atoms with Gasteiger partial charge in [0.25, 0.3) is 11.6 Å². The second-order valence-corrected chi connectivity index (χ2v) is 5.82. The van der Waals surface area contributed by atoms with Crippen LogP contribution in [0.3, 0.4) is 0 Å². The summed E-state index contributed by atoms with van der Waals surface area (Å²) in [6.45, 7) is 5.93. The van der Waals surface area contributed by atoms with E-state index in [2.05, 4.69) is 5.32 Å². The number of carbonyl (C=O) groups is 1. The van der Waals surface area contributed by atoms with Gasteiger partial charge in [-0.25, -0.2) is 0 Å². The third-order valence-electron chi connectivity index (χ3n) is 3.32. The minimum atomic E-state index is -0.478. The number of nitrogens with zero attached hydrogens (tertiary/aromatic N) is 1. The average Bonchev–Trinajstić information content (AvgIpc) is 2.78. The fourth-order valence-corrected chi connectivity index (χ4v) is 2.51. The summed E-state index contributed by atoms with van der Waals surface area (Å²) in [4.78, 5) is 23.1. The van der Waals surface area contributed by atoms with Gasteiger partial charge in [-0.2, -0.15) is 0 Å². The molecular formula is C12H19N3O3S. The number of thiophene rings is 1. The zero-order chi connectivity index (χ0) is 14.6. The van der Waals surface area contributed by atoms with Gasteiger partial charge in [0.2, 0.25) is 0 Å². The molecule has 106 valence electrons. The number of carbonyl (C=O) groups excluding carboxylic acids is 1. The first kappa shape index (κ1) is 15.6. The van der Waals surface area contributed by atoms with Gasteiger partial charge in [-0.05, 0) is 19.8 Å². The van der Waals surface area contributed by atoms with Crippen molar-refractivity contribution in [2.24, 2.45) is 5.73 Å². The van der Waals surface area contributed by atoms with Gasteiger partial charge in [-0.3, -0.25) is 14.9 Å². The molecule has 6 nitrogen and oxygen atoms in total. The van der Waals surface area contributed by atoms with Gasteiger partial charge >= 0.3 is 0 Å². The monoisotopic (exact) mass is 285 g/mol. The van der Waals surface area contributed by atoms with Gasteiger partial charge in [0.15, 0.2) is 0 Å². The Morgan fingerprint density at radius 3 is 2.53 bits per heavy atom. The van der Waals surface area contributed by atoms with E-state index in [-0.39, 0.29) is 11.6 Å². The highest BCUT2D eigenvalue weighted by atomic mass is 32.1. The zero-order valence-electron chi connectivity index (χ0n) is 11.4. The van der Waals surface area contributed by atoms with Crippen LogP contribution in [-0.2, 0) is 0 Å². The Balaban J connectivity index is 2.74. The van der Waals surface area contributed by atoms with Crippen LogP contribution in [-0.4, -0.2) is 22.9 Å². The quantitative estimate of drug-likeness (QED) is 0.618. The van der Waals surface area contributed by atoms with E-state index in [9.17, 15) is 14.9 Å². The molecule has 3 N–H and O–H groups in total. The molecule has 0 spiro atoms. The molecule has 0 aliphatic heterocycles. The summed E-state index contributed by atoms with van der Waals surface area (Å²) in [6, 6.07) is 1.31. The molecule has 1 heterocycles. The van der Waals surface area contributed by atoms with E-state index in [4.69, 9.17) is 5.73 Å². The van der Waals surface area contributed by atoms with E-state index in [0.717, 1.165) is 24.2 Å². The number of nitrogens with two attached hydrogens (primary N) is 1. The maximum Gasteiger partial charge on any atom is 0.283 e. The van der Waals surface area contributed by atoms with Gasteiger partial charge in [-0.1, -0.05) is 13.8 Å². The van der Waals surface area contributed by atoms with Crippen LogP contribution in [0.1, 0.15) is 41.2 Å². The SMILES string of the molecule is CCC(N)(CC)CNC(=O)c1cc([N+](=O)[O-])c(C)s1. The molecule has 0 radical (unpaired) electrons. The molecular weight excluding hydrogens is 266 g/mol. The van der Waals surface area contributed by atoms with Crippen LogP contribution in [0.5, 0.6) is 0 Å². The molecule has 0 bridgehead atoms. The molecule has 1 aromatic heterocycles. The Morgan fingerprint density at radius 2 is 2.11 bits per heavy atom. The molecule has 0 aromatic carbocycles. The molecule has 0 unspecified atom stereocenters. The lowest BCUT2D eigenvalue weighted by molar-refractivity contribution is -0.385. The number of amides is 1. The van der Waals surface area contributed by atoms with Gasteiger partial charge in [-0.15, -0.1) is 11.3 Å². The number of aryl methyl sites for hydroxylation is 1. The summed E-state index contributed by atoms with van der Waals surface area (Å²) in [5.74, 6) is -0.307. The van der Waals surface area contributed by atoms with E-state index in [1.807, 2.05) is 13.8 Å². The largest absolute Gasteiger partial charge is 0.349 e. The van der Waals surface area contributed by atoms with Crippen LogP contribution >= 0.6 is 11.3 Å².